The maximum absolute atomic E-state index is 18.1. The van der Waals surface area contributed by atoms with Crippen molar-refractivity contribution in [3.05, 3.63) is 246 Å². The summed E-state index contributed by atoms with van der Waals surface area (Å²) in [5.41, 5.74) is 21.7. The molecule has 10 heterocycles. The highest BCUT2D eigenvalue weighted by molar-refractivity contribution is 7.33. The van der Waals surface area contributed by atoms with Crippen LogP contribution < -0.4 is 0 Å². The summed E-state index contributed by atoms with van der Waals surface area (Å²) in [5.74, 6) is -0.537. The molecular formula is C104H104F2N4S10. The van der Waals surface area contributed by atoms with Gasteiger partial charge in [-0.25, -0.2) is 8.78 Å². The molecule has 0 fully saturated rings. The van der Waals surface area contributed by atoms with Crippen LogP contribution in [-0.2, 0) is 49.4 Å². The van der Waals surface area contributed by atoms with E-state index in [1.54, 1.807) is 57.5 Å². The van der Waals surface area contributed by atoms with Crippen molar-refractivity contribution in [2.75, 3.05) is 0 Å². The summed E-state index contributed by atoms with van der Waals surface area (Å²) in [6, 6.07) is 62.0. The Balaban J connectivity index is 0.821. The zero-order valence-electron chi connectivity index (χ0n) is 69.9. The lowest BCUT2D eigenvalue weighted by atomic mass is 9.65. The maximum Gasteiger partial charge on any atom is 0.134 e. The minimum absolute atomic E-state index is 0.268. The van der Waals surface area contributed by atoms with Gasteiger partial charge in [-0.1, -0.05) is 254 Å². The Morgan fingerprint density at radius 3 is 0.883 bits per heavy atom. The Morgan fingerprint density at radius 1 is 0.267 bits per heavy atom. The van der Waals surface area contributed by atoms with Gasteiger partial charge in [-0.05, 0) is 204 Å². The quantitative estimate of drug-likeness (QED) is 0.0362. The first kappa shape index (κ1) is 82.3. The Labute approximate surface area is 746 Å². The normalized spacial score (nSPS) is 13.5. The molecule has 0 N–H and O–H groups in total. The van der Waals surface area contributed by atoms with E-state index in [1.165, 1.54) is 277 Å². The van der Waals surface area contributed by atoms with Gasteiger partial charge in [0, 0.05) is 89.5 Å². The highest BCUT2D eigenvalue weighted by atomic mass is 32.1. The van der Waals surface area contributed by atoms with Crippen LogP contribution in [0.15, 0.2) is 158 Å². The smallest absolute Gasteiger partial charge is 0.134 e. The van der Waals surface area contributed by atoms with Crippen molar-refractivity contribution >= 4 is 174 Å². The summed E-state index contributed by atoms with van der Waals surface area (Å²) in [6.07, 6.45) is 35.5. The number of benzene rings is 7. The van der Waals surface area contributed by atoms with Crippen LogP contribution in [0.4, 0.5) is 8.78 Å². The van der Waals surface area contributed by atoms with E-state index in [4.69, 9.17) is 17.5 Å². The molecule has 2 aliphatic rings. The SMILES string of the molecule is CCCCCCc1ccc(C2(c3ccc(CCCCCC)cc3)c3cc4c(cc3-c3sc5cc(-c6c(F)cc(-c7cc8sc(CCCCCC)cc8s7)c7nsnc67)sc5c32)C(c2ccc(CCCCCC)cc2)(c2ccc(CCCCCC)cc2)c2c-4sc3cc(-c4c(F)cc(-c5cc6sc(CCCCCC)cc6s5)c5nsnc45)sc23)cc1. The minimum Gasteiger partial charge on any atom is -0.206 e. The van der Waals surface area contributed by atoms with E-state index in [0.29, 0.717) is 22.2 Å². The molecule has 2 aliphatic carbocycles. The number of nitrogens with zero attached hydrogens (tertiary/aromatic N) is 4. The number of hydrogen-bond acceptors (Lipinski definition) is 14. The number of aryl methyl sites for hydroxylation is 6. The Morgan fingerprint density at radius 2 is 0.567 bits per heavy atom. The minimum atomic E-state index is -0.818. The third-order valence-corrected chi connectivity index (χ3v) is 36.6. The molecule has 0 unspecified atom stereocenters. The van der Waals surface area contributed by atoms with Crippen molar-refractivity contribution in [3.63, 3.8) is 0 Å². The first-order valence-corrected chi connectivity index (χ1v) is 52.7. The number of thiophene rings is 8. The molecule has 0 saturated heterocycles. The molecule has 0 spiro atoms. The molecule has 120 heavy (non-hydrogen) atoms. The number of hydrogen-bond donors (Lipinski definition) is 0. The van der Waals surface area contributed by atoms with Gasteiger partial charge < -0.3 is 0 Å². The second-order valence-electron chi connectivity index (χ2n) is 33.9. The molecule has 614 valence electrons. The summed E-state index contributed by atoms with van der Waals surface area (Å²) < 4.78 is 66.1. The summed E-state index contributed by atoms with van der Waals surface area (Å²) >= 11 is 16.8. The molecule has 0 saturated carbocycles. The molecule has 4 nitrogen and oxygen atoms in total. The van der Waals surface area contributed by atoms with Crippen LogP contribution in [-0.4, -0.2) is 17.5 Å². The van der Waals surface area contributed by atoms with Gasteiger partial charge in [0.1, 0.15) is 33.7 Å². The van der Waals surface area contributed by atoms with Gasteiger partial charge >= 0.3 is 0 Å². The fourth-order valence-electron chi connectivity index (χ4n) is 19.6. The number of halogens is 2. The second kappa shape index (κ2) is 36.1. The maximum atomic E-state index is 18.1. The van der Waals surface area contributed by atoms with E-state index < -0.39 is 10.8 Å². The van der Waals surface area contributed by atoms with Gasteiger partial charge in [-0.2, -0.15) is 17.5 Å². The van der Waals surface area contributed by atoms with E-state index in [2.05, 4.69) is 187 Å². The van der Waals surface area contributed by atoms with Crippen molar-refractivity contribution in [2.24, 2.45) is 0 Å². The number of fused-ring (bicyclic) bond motifs is 14. The highest BCUT2D eigenvalue weighted by Gasteiger charge is 2.55. The molecule has 16 heteroatoms. The lowest BCUT2D eigenvalue weighted by molar-refractivity contribution is 0.633. The van der Waals surface area contributed by atoms with E-state index in [1.807, 2.05) is 45.3 Å². The molecule has 0 radical (unpaired) electrons. The standard InChI is InChI=1S/C104H104F2N4S10/c1-7-13-19-25-31-63-37-45-67(46-38-63)103(68-47-39-64(40-48-68)32-26-20-14-8-2)77-55-74-78(56-73(77)99-93(103)101-89(117-99)61-87(115-101)91-79(105)57-75(95-97(91)109-119-107-95)81-59-85-83(113-81)53-71(111-85)35-29-23-17-11-5)104(69-49-41-65(42-50-69)33-27-21-15-9-3,70-51-43-66(44-52-70)34-28-22-16-10-4)94-100(74)118-90-62-88(116-102(90)94)92-80(106)58-76(96-98(92)110-120-108-96)82-60-86-84(114-82)54-72(112-86)36-30-24-18-12-6/h37-62H,7-36H2,1-6H3. The molecule has 19 rings (SSSR count). The Hall–Kier alpha value is -7.32. The monoisotopic (exact) mass is 1770 g/mol. The van der Waals surface area contributed by atoms with Crippen LogP contribution in [0.2, 0.25) is 0 Å². The molecule has 10 aromatic heterocycles. The van der Waals surface area contributed by atoms with Gasteiger partial charge in [-0.3, -0.25) is 0 Å². The van der Waals surface area contributed by atoms with Gasteiger partial charge in [-0.15, -0.1) is 90.7 Å². The van der Waals surface area contributed by atoms with Gasteiger partial charge in [0.25, 0.3) is 0 Å². The zero-order valence-corrected chi connectivity index (χ0v) is 78.0. The Kier molecular flexibility index (Phi) is 24.8. The molecule has 0 atom stereocenters. The number of aromatic nitrogens is 4. The first-order valence-electron chi connectivity index (χ1n) is 44.7. The van der Waals surface area contributed by atoms with E-state index in [-0.39, 0.29) is 11.6 Å². The predicted molar refractivity (Wildman–Crippen MR) is 525 cm³/mol. The van der Waals surface area contributed by atoms with Crippen LogP contribution in [0, 0.1) is 11.6 Å². The average molecular weight is 1770 g/mol. The average Bonchev–Trinajstić information content (AvgIpc) is 1.49. The fourth-order valence-corrected chi connectivity index (χ4v) is 31.3. The third kappa shape index (κ3) is 15.1. The van der Waals surface area contributed by atoms with Crippen molar-refractivity contribution in [1.29, 1.82) is 0 Å². The fraction of sp³-hybridized carbons (Fsp3) is 0.365. The van der Waals surface area contributed by atoms with Crippen molar-refractivity contribution in [3.8, 4) is 62.6 Å². The zero-order chi connectivity index (χ0) is 81.6. The molecule has 0 aliphatic heterocycles. The largest absolute Gasteiger partial charge is 0.206 e. The summed E-state index contributed by atoms with van der Waals surface area (Å²) in [7, 11) is 0. The molecule has 17 aromatic rings. The lowest BCUT2D eigenvalue weighted by Crippen LogP contribution is -2.30. The van der Waals surface area contributed by atoms with Crippen molar-refractivity contribution in [1.82, 2.24) is 17.5 Å². The van der Waals surface area contributed by atoms with E-state index in [0.717, 1.165) is 115 Å². The van der Waals surface area contributed by atoms with Crippen molar-refractivity contribution < 1.29 is 8.78 Å². The third-order valence-electron chi connectivity index (χ3n) is 25.8. The Bertz CT molecular complexity index is 5930. The number of rotatable bonds is 38. The molecule has 7 aromatic carbocycles. The van der Waals surface area contributed by atoms with Crippen LogP contribution in [0.3, 0.4) is 0 Å². The van der Waals surface area contributed by atoms with Gasteiger partial charge in [0.05, 0.1) is 54.8 Å². The van der Waals surface area contributed by atoms with Crippen LogP contribution in [0.1, 0.15) is 272 Å². The highest BCUT2D eigenvalue weighted by Crippen LogP contribution is 2.69. The van der Waals surface area contributed by atoms with E-state index >= 15 is 8.78 Å². The molecular weight excluding hydrogens is 1660 g/mol. The summed E-state index contributed by atoms with van der Waals surface area (Å²) in [5, 5.41) is 0. The summed E-state index contributed by atoms with van der Waals surface area (Å²) in [6.45, 7) is 13.7. The predicted octanol–water partition coefficient (Wildman–Crippen LogP) is 35.2. The van der Waals surface area contributed by atoms with Crippen LogP contribution in [0.5, 0.6) is 0 Å². The van der Waals surface area contributed by atoms with Crippen LogP contribution in [0.25, 0.3) is 122 Å². The van der Waals surface area contributed by atoms with Crippen LogP contribution >= 0.6 is 114 Å². The van der Waals surface area contributed by atoms with E-state index in [9.17, 15) is 0 Å². The second-order valence-corrected chi connectivity index (χ2v) is 43.7. The van der Waals surface area contributed by atoms with Crippen molar-refractivity contribution in [2.45, 2.75) is 245 Å². The first-order chi connectivity index (χ1) is 59.0. The topological polar surface area (TPSA) is 51.6 Å². The molecule has 0 amide bonds. The van der Waals surface area contributed by atoms with Gasteiger partial charge in [0.2, 0.25) is 0 Å². The molecule has 0 bridgehead atoms. The van der Waals surface area contributed by atoms with Gasteiger partial charge in [0.15, 0.2) is 0 Å². The lowest BCUT2D eigenvalue weighted by Gasteiger charge is -2.36. The summed E-state index contributed by atoms with van der Waals surface area (Å²) in [4.78, 5) is 9.18. The number of unbranched alkanes of at least 4 members (excludes halogenated alkanes) is 18.